The fourth-order valence-corrected chi connectivity index (χ4v) is 9.18. The summed E-state index contributed by atoms with van der Waals surface area (Å²) < 4.78 is 79.3. The molecule has 0 unspecified atom stereocenters. The number of unbranched alkanes of at least 4 members (excludes halogenated alkanes) is 15. The minimum atomic E-state index is -3.82. The topological polar surface area (TPSA) is 102 Å². The summed E-state index contributed by atoms with van der Waals surface area (Å²) in [4.78, 5) is -0.579. The van der Waals surface area contributed by atoms with Crippen LogP contribution in [0, 0.1) is 0 Å². The second kappa shape index (κ2) is 19.2. The van der Waals surface area contributed by atoms with Crippen molar-refractivity contribution in [3.8, 4) is 0 Å². The Bertz CT molecular complexity index is 968. The number of hydrogen-bond acceptors (Lipinski definition) is 6. The molecule has 1 rings (SSSR count). The predicted molar refractivity (Wildman–Crippen MR) is 163 cm³/mol. The van der Waals surface area contributed by atoms with Gasteiger partial charge in [-0.05, 0) is 37.5 Å². The highest BCUT2D eigenvalue weighted by atomic mass is 32.2. The quantitative estimate of drug-likeness (QED) is 0.110. The van der Waals surface area contributed by atoms with Gasteiger partial charge in [-0.3, -0.25) is 0 Å². The second-order valence-electron chi connectivity index (χ2n) is 10.9. The van der Waals surface area contributed by atoms with Crippen molar-refractivity contribution in [1.82, 2.24) is 0 Å². The maximum atomic E-state index is 13.2. The monoisotopic (exact) mass is 606 g/mol. The molecule has 9 heteroatoms. The molecule has 0 bridgehead atoms. The highest BCUT2D eigenvalue weighted by Crippen LogP contribution is 2.27. The molecule has 0 aromatic heterocycles. The van der Waals surface area contributed by atoms with E-state index in [2.05, 4.69) is 20.8 Å². The Morgan fingerprint density at radius 3 is 0.795 bits per heavy atom. The maximum Gasteiger partial charge on any atom is 0.178 e. The third-order valence-electron chi connectivity index (χ3n) is 7.23. The Kier molecular flexibility index (Phi) is 17.8. The van der Waals surface area contributed by atoms with E-state index in [0.717, 1.165) is 96.3 Å². The lowest BCUT2D eigenvalue weighted by molar-refractivity contribution is 0.579. The molecule has 1 aromatic carbocycles. The zero-order chi connectivity index (χ0) is 29.2. The van der Waals surface area contributed by atoms with Crippen LogP contribution in [0.4, 0.5) is 0 Å². The molecular weight excluding hydrogens is 553 g/mol. The first-order valence-corrected chi connectivity index (χ1v) is 20.3. The van der Waals surface area contributed by atoms with Crippen LogP contribution in [0.15, 0.2) is 32.9 Å². The van der Waals surface area contributed by atoms with Gasteiger partial charge in [0, 0.05) is 0 Å². The first-order chi connectivity index (χ1) is 18.5. The van der Waals surface area contributed by atoms with E-state index in [4.69, 9.17) is 0 Å². The summed E-state index contributed by atoms with van der Waals surface area (Å²) in [5.41, 5.74) is 0. The molecule has 228 valence electrons. The Morgan fingerprint density at radius 1 is 0.359 bits per heavy atom. The molecule has 0 heterocycles. The largest absolute Gasteiger partial charge is 0.224 e. The summed E-state index contributed by atoms with van der Waals surface area (Å²) in [6.07, 6.45) is 16.4. The molecule has 0 N–H and O–H groups in total. The Labute approximate surface area is 240 Å². The van der Waals surface area contributed by atoms with Crippen molar-refractivity contribution in [2.24, 2.45) is 0 Å². The summed E-state index contributed by atoms with van der Waals surface area (Å²) in [5.74, 6) is -0.342. The summed E-state index contributed by atoms with van der Waals surface area (Å²) in [5, 5.41) is 0. The van der Waals surface area contributed by atoms with E-state index in [-0.39, 0.29) is 31.9 Å². The fraction of sp³-hybridized carbons (Fsp3) is 0.800. The lowest BCUT2D eigenvalue weighted by Crippen LogP contribution is -2.14. The van der Waals surface area contributed by atoms with Crippen molar-refractivity contribution < 1.29 is 25.3 Å². The van der Waals surface area contributed by atoms with E-state index >= 15 is 0 Å². The zero-order valence-corrected chi connectivity index (χ0v) is 27.2. The van der Waals surface area contributed by atoms with Crippen molar-refractivity contribution in [2.75, 3.05) is 17.3 Å². The van der Waals surface area contributed by atoms with Crippen molar-refractivity contribution in [1.29, 1.82) is 0 Å². The Morgan fingerprint density at radius 2 is 0.564 bits per heavy atom. The van der Waals surface area contributed by atoms with Gasteiger partial charge in [0.25, 0.3) is 0 Å². The molecule has 0 saturated carbocycles. The van der Waals surface area contributed by atoms with Gasteiger partial charge in [0.15, 0.2) is 29.5 Å². The molecule has 39 heavy (non-hydrogen) atoms. The average molecular weight is 607 g/mol. The van der Waals surface area contributed by atoms with Gasteiger partial charge in [0.2, 0.25) is 0 Å². The number of hydrogen-bond donors (Lipinski definition) is 0. The molecular formula is C30H54O6S3. The minimum Gasteiger partial charge on any atom is -0.224 e. The zero-order valence-electron chi connectivity index (χ0n) is 24.8. The van der Waals surface area contributed by atoms with E-state index in [1.165, 1.54) is 18.2 Å². The fourth-order valence-electron chi connectivity index (χ4n) is 4.66. The van der Waals surface area contributed by atoms with Crippen LogP contribution in [-0.2, 0) is 29.5 Å². The van der Waals surface area contributed by atoms with Crippen LogP contribution >= 0.6 is 0 Å². The van der Waals surface area contributed by atoms with E-state index < -0.39 is 29.5 Å². The highest BCUT2D eigenvalue weighted by molar-refractivity contribution is 7.93. The SMILES string of the molecule is CCCCCCCCS(=O)(=O)c1cc(S(=O)(=O)CCCCCCCC)cc(S(=O)(=O)CCCCCCCC)c1. The van der Waals surface area contributed by atoms with E-state index in [1.807, 2.05) is 0 Å². The van der Waals surface area contributed by atoms with Crippen LogP contribution < -0.4 is 0 Å². The highest BCUT2D eigenvalue weighted by Gasteiger charge is 2.25. The lowest BCUT2D eigenvalue weighted by atomic mass is 10.1. The summed E-state index contributed by atoms with van der Waals surface area (Å²) in [6, 6.07) is 3.55. The third kappa shape index (κ3) is 14.5. The number of rotatable bonds is 24. The van der Waals surface area contributed by atoms with E-state index in [0.29, 0.717) is 19.3 Å². The second-order valence-corrected chi connectivity index (χ2v) is 17.2. The standard InChI is InChI=1S/C30H54O6S3/c1-4-7-10-13-16-19-22-37(31,32)28-25-29(38(33,34)23-20-17-14-11-8-5-2)27-30(26-28)39(35,36)24-21-18-15-12-9-6-3/h25-27H,4-24H2,1-3H3. The summed E-state index contributed by atoms with van der Waals surface area (Å²) in [7, 11) is -11.5. The molecule has 0 atom stereocenters. The molecule has 0 aliphatic rings. The summed E-state index contributed by atoms with van der Waals surface area (Å²) in [6.45, 7) is 6.36. The Balaban J connectivity index is 3.14. The summed E-state index contributed by atoms with van der Waals surface area (Å²) >= 11 is 0. The van der Waals surface area contributed by atoms with Gasteiger partial charge in [0.1, 0.15) is 0 Å². The van der Waals surface area contributed by atoms with Gasteiger partial charge in [-0.1, -0.05) is 117 Å². The lowest BCUT2D eigenvalue weighted by Gasteiger charge is -2.12. The number of benzene rings is 1. The molecule has 6 nitrogen and oxygen atoms in total. The molecule has 0 aliphatic heterocycles. The normalized spacial score (nSPS) is 12.7. The van der Waals surface area contributed by atoms with Crippen molar-refractivity contribution in [3.63, 3.8) is 0 Å². The number of sulfone groups is 3. The van der Waals surface area contributed by atoms with Gasteiger partial charge in [-0.2, -0.15) is 0 Å². The van der Waals surface area contributed by atoms with Crippen LogP contribution in [0.2, 0.25) is 0 Å². The van der Waals surface area contributed by atoms with Crippen LogP contribution in [0.5, 0.6) is 0 Å². The van der Waals surface area contributed by atoms with Gasteiger partial charge >= 0.3 is 0 Å². The molecule has 1 aromatic rings. The van der Waals surface area contributed by atoms with Crippen LogP contribution in [-0.4, -0.2) is 42.5 Å². The van der Waals surface area contributed by atoms with Gasteiger partial charge in [-0.25, -0.2) is 25.3 Å². The van der Waals surface area contributed by atoms with Crippen molar-refractivity contribution >= 4 is 29.5 Å². The third-order valence-corrected chi connectivity index (χ3v) is 12.6. The molecule has 0 saturated heterocycles. The molecule has 0 fully saturated rings. The maximum absolute atomic E-state index is 13.2. The first-order valence-electron chi connectivity index (χ1n) is 15.3. The predicted octanol–water partition coefficient (Wildman–Crippen LogP) is 8.09. The van der Waals surface area contributed by atoms with Gasteiger partial charge in [0.05, 0.1) is 31.9 Å². The van der Waals surface area contributed by atoms with E-state index in [9.17, 15) is 25.3 Å². The molecule has 0 aliphatic carbocycles. The smallest absolute Gasteiger partial charge is 0.178 e. The first kappa shape index (κ1) is 36.1. The van der Waals surface area contributed by atoms with Crippen LogP contribution in [0.1, 0.15) is 136 Å². The molecule has 0 radical (unpaired) electrons. The van der Waals surface area contributed by atoms with Crippen LogP contribution in [0.3, 0.4) is 0 Å². The van der Waals surface area contributed by atoms with Gasteiger partial charge < -0.3 is 0 Å². The van der Waals surface area contributed by atoms with Crippen LogP contribution in [0.25, 0.3) is 0 Å². The van der Waals surface area contributed by atoms with Crippen molar-refractivity contribution in [2.45, 2.75) is 151 Å². The Hall–Kier alpha value is -0.930. The molecule has 0 amide bonds. The minimum absolute atomic E-state index is 0.114. The molecule has 0 spiro atoms. The van der Waals surface area contributed by atoms with Gasteiger partial charge in [-0.15, -0.1) is 0 Å². The van der Waals surface area contributed by atoms with Crippen molar-refractivity contribution in [3.05, 3.63) is 18.2 Å². The average Bonchev–Trinajstić information content (AvgIpc) is 2.90. The van der Waals surface area contributed by atoms with E-state index in [1.54, 1.807) is 0 Å².